The van der Waals surface area contributed by atoms with Gasteiger partial charge in [0.15, 0.2) is 5.78 Å². The lowest BCUT2D eigenvalue weighted by Gasteiger charge is -2.39. The van der Waals surface area contributed by atoms with E-state index in [4.69, 9.17) is 23.2 Å². The van der Waals surface area contributed by atoms with Crippen molar-refractivity contribution in [2.24, 2.45) is 0 Å². The van der Waals surface area contributed by atoms with Crippen molar-refractivity contribution in [2.45, 2.75) is 37.8 Å². The minimum Gasteiger partial charge on any atom is -0.294 e. The van der Waals surface area contributed by atoms with Gasteiger partial charge in [0.1, 0.15) is 0 Å². The summed E-state index contributed by atoms with van der Waals surface area (Å²) < 4.78 is 40.9. The molecule has 1 unspecified atom stereocenters. The van der Waals surface area contributed by atoms with Crippen LogP contribution in [0.1, 0.15) is 42.7 Å². The Kier molecular flexibility index (Phi) is 5.41. The Balaban J connectivity index is 1.93. The average Bonchev–Trinajstić information content (AvgIpc) is 2.69. The number of benzene rings is 2. The lowest BCUT2D eigenvalue weighted by atomic mass is 9.77. The van der Waals surface area contributed by atoms with E-state index in [1.54, 1.807) is 18.2 Å². The third-order valence-corrected chi connectivity index (χ3v) is 6.32. The molecule has 0 radical (unpaired) electrons. The number of Topliss-reactive ketones (excluding diaryl/α,β-unsaturated/α-hetero) is 1. The van der Waals surface area contributed by atoms with Crippen molar-refractivity contribution < 1.29 is 22.8 Å². The van der Waals surface area contributed by atoms with Gasteiger partial charge in [0.2, 0.25) is 5.91 Å². The van der Waals surface area contributed by atoms with Crippen LogP contribution in [0.2, 0.25) is 10.0 Å². The molecule has 0 N–H and O–H groups in total. The zero-order chi connectivity index (χ0) is 21.6. The second kappa shape index (κ2) is 7.75. The molecular formula is C22H16Cl2F3NO2. The summed E-state index contributed by atoms with van der Waals surface area (Å²) in [6, 6.07) is 9.89. The van der Waals surface area contributed by atoms with E-state index in [0.717, 1.165) is 11.0 Å². The molecule has 0 saturated heterocycles. The van der Waals surface area contributed by atoms with Crippen molar-refractivity contribution in [2.75, 3.05) is 4.90 Å². The summed E-state index contributed by atoms with van der Waals surface area (Å²) in [4.78, 5) is 27.1. The molecule has 2 aromatic carbocycles. The summed E-state index contributed by atoms with van der Waals surface area (Å²) in [7, 11) is 0. The van der Waals surface area contributed by atoms with Gasteiger partial charge < -0.3 is 0 Å². The molecule has 30 heavy (non-hydrogen) atoms. The number of hydrogen-bond donors (Lipinski definition) is 0. The Morgan fingerprint density at radius 2 is 1.70 bits per heavy atom. The van der Waals surface area contributed by atoms with Crippen molar-refractivity contribution in [1.82, 2.24) is 0 Å². The molecule has 1 atom stereocenters. The summed E-state index contributed by atoms with van der Waals surface area (Å²) in [5.74, 6) is -1.33. The van der Waals surface area contributed by atoms with E-state index < -0.39 is 23.6 Å². The Morgan fingerprint density at radius 1 is 0.967 bits per heavy atom. The monoisotopic (exact) mass is 453 g/mol. The van der Waals surface area contributed by atoms with Crippen LogP contribution in [0.15, 0.2) is 53.7 Å². The van der Waals surface area contributed by atoms with Gasteiger partial charge in [-0.2, -0.15) is 13.2 Å². The number of halogens is 5. The molecule has 0 aromatic heterocycles. The van der Waals surface area contributed by atoms with Gasteiger partial charge in [-0.25, -0.2) is 0 Å². The van der Waals surface area contributed by atoms with E-state index in [9.17, 15) is 22.8 Å². The SMILES string of the molecule is O=C1CCCC2=C1C(c1cccc(Cl)c1Cl)CC(=O)N2c1ccccc1C(F)(F)F. The smallest absolute Gasteiger partial charge is 0.294 e. The molecule has 0 saturated carbocycles. The number of alkyl halides is 3. The van der Waals surface area contributed by atoms with Gasteiger partial charge in [0.25, 0.3) is 0 Å². The number of ketones is 1. The van der Waals surface area contributed by atoms with Crippen LogP contribution in [-0.4, -0.2) is 11.7 Å². The highest BCUT2D eigenvalue weighted by Crippen LogP contribution is 2.47. The second-order valence-corrected chi connectivity index (χ2v) is 8.07. The molecule has 4 rings (SSSR count). The Hall–Kier alpha value is -2.31. The average molecular weight is 454 g/mol. The fourth-order valence-corrected chi connectivity index (χ4v) is 4.68. The summed E-state index contributed by atoms with van der Waals surface area (Å²) >= 11 is 12.5. The number of hydrogen-bond acceptors (Lipinski definition) is 2. The number of para-hydroxylation sites is 1. The number of rotatable bonds is 2. The third-order valence-electron chi connectivity index (χ3n) is 5.48. The van der Waals surface area contributed by atoms with Gasteiger partial charge in [-0.05, 0) is 36.6 Å². The van der Waals surface area contributed by atoms with Gasteiger partial charge in [-0.3, -0.25) is 14.5 Å². The zero-order valence-corrected chi connectivity index (χ0v) is 17.1. The molecule has 0 bridgehead atoms. The molecule has 0 fully saturated rings. The molecule has 1 aliphatic carbocycles. The highest BCUT2D eigenvalue weighted by Gasteiger charge is 2.43. The quantitative estimate of drug-likeness (QED) is 0.517. The number of amides is 1. The number of nitrogens with zero attached hydrogens (tertiary/aromatic N) is 1. The van der Waals surface area contributed by atoms with Crippen molar-refractivity contribution in [3.63, 3.8) is 0 Å². The van der Waals surface area contributed by atoms with Gasteiger partial charge in [-0.1, -0.05) is 47.5 Å². The van der Waals surface area contributed by atoms with E-state index in [0.29, 0.717) is 29.7 Å². The summed E-state index contributed by atoms with van der Waals surface area (Å²) in [6.45, 7) is 0. The van der Waals surface area contributed by atoms with Crippen LogP contribution in [0.5, 0.6) is 0 Å². The van der Waals surface area contributed by atoms with Crippen molar-refractivity contribution >= 4 is 40.6 Å². The first-order valence-corrected chi connectivity index (χ1v) is 10.1. The Morgan fingerprint density at radius 3 is 2.43 bits per heavy atom. The lowest BCUT2D eigenvalue weighted by Crippen LogP contribution is -2.41. The highest BCUT2D eigenvalue weighted by molar-refractivity contribution is 6.42. The molecule has 1 heterocycles. The van der Waals surface area contributed by atoms with E-state index in [1.165, 1.54) is 18.2 Å². The molecule has 8 heteroatoms. The van der Waals surface area contributed by atoms with Crippen molar-refractivity contribution in [3.8, 4) is 0 Å². The second-order valence-electron chi connectivity index (χ2n) is 7.28. The fourth-order valence-electron chi connectivity index (χ4n) is 4.24. The largest absolute Gasteiger partial charge is 0.418 e. The summed E-state index contributed by atoms with van der Waals surface area (Å²) in [5, 5.41) is 0.531. The summed E-state index contributed by atoms with van der Waals surface area (Å²) in [5.41, 5.74) is 0.0292. The molecule has 0 spiro atoms. The molecule has 3 nitrogen and oxygen atoms in total. The van der Waals surface area contributed by atoms with Crippen LogP contribution < -0.4 is 4.90 Å². The molecule has 2 aliphatic rings. The molecular weight excluding hydrogens is 438 g/mol. The van der Waals surface area contributed by atoms with Gasteiger partial charge in [-0.15, -0.1) is 0 Å². The van der Waals surface area contributed by atoms with Gasteiger partial charge >= 0.3 is 6.18 Å². The minimum atomic E-state index is -4.64. The maximum absolute atomic E-state index is 13.6. The molecule has 2 aromatic rings. The van der Waals surface area contributed by atoms with E-state index in [-0.39, 0.29) is 34.4 Å². The first-order valence-electron chi connectivity index (χ1n) is 9.39. The van der Waals surface area contributed by atoms with Crippen LogP contribution in [0.4, 0.5) is 18.9 Å². The first kappa shape index (κ1) is 20.9. The van der Waals surface area contributed by atoms with Crippen LogP contribution in [0, 0.1) is 0 Å². The highest BCUT2D eigenvalue weighted by atomic mass is 35.5. The van der Waals surface area contributed by atoms with Crippen molar-refractivity contribution in [1.29, 1.82) is 0 Å². The van der Waals surface area contributed by atoms with Gasteiger partial charge in [0.05, 0.1) is 21.3 Å². The lowest BCUT2D eigenvalue weighted by molar-refractivity contribution is -0.137. The minimum absolute atomic E-state index is 0.170. The maximum Gasteiger partial charge on any atom is 0.418 e. The Bertz CT molecular complexity index is 1080. The zero-order valence-electron chi connectivity index (χ0n) is 15.6. The normalized spacial score (nSPS) is 19.9. The van der Waals surface area contributed by atoms with E-state index in [1.807, 2.05) is 0 Å². The predicted molar refractivity (Wildman–Crippen MR) is 109 cm³/mol. The van der Waals surface area contributed by atoms with Crippen LogP contribution in [-0.2, 0) is 15.8 Å². The standard InChI is InChI=1S/C22H16Cl2F3NO2/c23-15-7-3-5-12(21(15)24)13-11-19(30)28(17-9-4-10-18(29)20(13)17)16-8-2-1-6-14(16)22(25,26)27/h1-3,5-8,13H,4,9-11H2. The molecule has 156 valence electrons. The topological polar surface area (TPSA) is 37.4 Å². The van der Waals surface area contributed by atoms with Crippen LogP contribution >= 0.6 is 23.2 Å². The van der Waals surface area contributed by atoms with Crippen LogP contribution in [0.3, 0.4) is 0 Å². The fraction of sp³-hybridized carbons (Fsp3) is 0.273. The Labute approximate surface area is 181 Å². The van der Waals surface area contributed by atoms with Crippen LogP contribution in [0.25, 0.3) is 0 Å². The number of allylic oxidation sites excluding steroid dienone is 2. The third kappa shape index (κ3) is 3.52. The first-order chi connectivity index (χ1) is 14.2. The van der Waals surface area contributed by atoms with Crippen molar-refractivity contribution in [3.05, 3.63) is 74.9 Å². The maximum atomic E-state index is 13.6. The number of carbonyl (C=O) groups excluding carboxylic acids is 2. The molecule has 1 aliphatic heterocycles. The van der Waals surface area contributed by atoms with E-state index >= 15 is 0 Å². The summed E-state index contributed by atoms with van der Waals surface area (Å²) in [6.07, 6.45) is -3.74. The van der Waals surface area contributed by atoms with E-state index in [2.05, 4.69) is 0 Å². The number of carbonyl (C=O) groups is 2. The number of anilines is 1. The predicted octanol–water partition coefficient (Wildman–Crippen LogP) is 6.54. The molecule has 1 amide bonds. The van der Waals surface area contributed by atoms with Gasteiger partial charge in [0, 0.05) is 30.0 Å².